The number of carbonyl (C=O) groups excluding carboxylic acids is 2. The van der Waals surface area contributed by atoms with Gasteiger partial charge in [0.15, 0.2) is 18.1 Å². The zero-order chi connectivity index (χ0) is 29.1. The maximum Gasteiger partial charge on any atom is 0.269 e. The molecule has 0 saturated heterocycles. The maximum absolute atomic E-state index is 12.7. The Morgan fingerprint density at radius 3 is 2.48 bits per heavy atom. The zero-order valence-corrected chi connectivity index (χ0v) is 22.5. The number of hydrazone groups is 1. The molecule has 12 nitrogen and oxygen atoms in total. The van der Waals surface area contributed by atoms with Crippen LogP contribution in [0.1, 0.15) is 22.4 Å². The van der Waals surface area contributed by atoms with E-state index in [9.17, 15) is 19.6 Å². The van der Waals surface area contributed by atoms with Gasteiger partial charge in [-0.25, -0.2) is 5.43 Å². The van der Waals surface area contributed by atoms with Crippen LogP contribution in [0.25, 0.3) is 0 Å². The first-order chi connectivity index (χ1) is 19.3. The standard InChI is InChI=1S/C28H29N5O7/c1-18-11-20(16-37-2)21(13-29)28(36)33(18)15-26(34)32-30-14-19-9-10-24(25(12-19)39-4)40-17-27(35)31-22-7-5-6-8-23(22)38-3/h5-12,14H,15-17H2,1-4H3,(H,31,35)(H,32,34)/b30-14-. The average molecular weight is 548 g/mol. The number of amides is 2. The Morgan fingerprint density at radius 2 is 1.77 bits per heavy atom. The fourth-order valence-electron chi connectivity index (χ4n) is 3.74. The summed E-state index contributed by atoms with van der Waals surface area (Å²) in [6, 6.07) is 15.4. The van der Waals surface area contributed by atoms with E-state index in [-0.39, 0.29) is 31.2 Å². The molecule has 0 bridgehead atoms. The van der Waals surface area contributed by atoms with Gasteiger partial charge in [-0.3, -0.25) is 14.4 Å². The van der Waals surface area contributed by atoms with Crippen molar-refractivity contribution in [2.75, 3.05) is 33.3 Å². The third-order valence-corrected chi connectivity index (χ3v) is 5.63. The number of rotatable bonds is 12. The van der Waals surface area contributed by atoms with Gasteiger partial charge in [0.25, 0.3) is 17.4 Å². The molecule has 1 aromatic heterocycles. The van der Waals surface area contributed by atoms with Crippen LogP contribution in [-0.2, 0) is 27.5 Å². The van der Waals surface area contributed by atoms with Gasteiger partial charge in [0, 0.05) is 18.4 Å². The van der Waals surface area contributed by atoms with Gasteiger partial charge < -0.3 is 28.8 Å². The lowest BCUT2D eigenvalue weighted by Crippen LogP contribution is -2.33. The van der Waals surface area contributed by atoms with Crippen LogP contribution in [0.3, 0.4) is 0 Å². The van der Waals surface area contributed by atoms with Crippen LogP contribution in [-0.4, -0.2) is 50.5 Å². The molecule has 2 aromatic carbocycles. The van der Waals surface area contributed by atoms with E-state index in [4.69, 9.17) is 18.9 Å². The first-order valence-corrected chi connectivity index (χ1v) is 12.0. The predicted octanol–water partition coefficient (Wildman–Crippen LogP) is 2.36. The second kappa shape index (κ2) is 14.1. The van der Waals surface area contributed by atoms with Gasteiger partial charge in [0.2, 0.25) is 0 Å². The summed E-state index contributed by atoms with van der Waals surface area (Å²) in [4.78, 5) is 37.5. The Labute approximate surface area is 230 Å². The van der Waals surface area contributed by atoms with Gasteiger partial charge in [-0.05, 0) is 48.9 Å². The Kier molecular flexibility index (Phi) is 10.4. The predicted molar refractivity (Wildman–Crippen MR) is 147 cm³/mol. The van der Waals surface area contributed by atoms with Crippen LogP contribution in [0.2, 0.25) is 0 Å². The minimum absolute atomic E-state index is 0.0737. The highest BCUT2D eigenvalue weighted by Crippen LogP contribution is 2.28. The van der Waals surface area contributed by atoms with Crippen molar-refractivity contribution in [3.8, 4) is 23.3 Å². The molecule has 1 heterocycles. The molecule has 12 heteroatoms. The maximum atomic E-state index is 12.7. The number of nitrogens with zero attached hydrogens (tertiary/aromatic N) is 3. The molecule has 0 fully saturated rings. The van der Waals surface area contributed by atoms with Gasteiger partial charge in [0.05, 0.1) is 32.7 Å². The van der Waals surface area contributed by atoms with Crippen molar-refractivity contribution in [2.45, 2.75) is 20.1 Å². The number of carbonyl (C=O) groups is 2. The smallest absolute Gasteiger partial charge is 0.269 e. The lowest BCUT2D eigenvalue weighted by atomic mass is 10.1. The molecule has 0 unspecified atom stereocenters. The van der Waals surface area contributed by atoms with Crippen LogP contribution in [0.15, 0.2) is 58.4 Å². The summed E-state index contributed by atoms with van der Waals surface area (Å²) in [5.41, 5.74) is 3.77. The lowest BCUT2D eigenvalue weighted by Gasteiger charge is -2.13. The van der Waals surface area contributed by atoms with Crippen molar-refractivity contribution in [3.63, 3.8) is 0 Å². The van der Waals surface area contributed by atoms with Crippen molar-refractivity contribution in [3.05, 3.63) is 81.3 Å². The monoisotopic (exact) mass is 547 g/mol. The summed E-state index contributed by atoms with van der Waals surface area (Å²) in [7, 11) is 4.43. The number of anilines is 1. The molecule has 2 amide bonds. The molecule has 3 aromatic rings. The minimum atomic E-state index is -0.578. The topological polar surface area (TPSA) is 153 Å². The number of nitriles is 1. The molecular formula is C28H29N5O7. The van der Waals surface area contributed by atoms with Crippen molar-refractivity contribution in [2.24, 2.45) is 5.10 Å². The van der Waals surface area contributed by atoms with Gasteiger partial charge in [-0.15, -0.1) is 0 Å². The van der Waals surface area contributed by atoms with Crippen LogP contribution >= 0.6 is 0 Å². The van der Waals surface area contributed by atoms with E-state index in [0.29, 0.717) is 39.8 Å². The van der Waals surface area contributed by atoms with Crippen molar-refractivity contribution in [1.29, 1.82) is 5.26 Å². The lowest BCUT2D eigenvalue weighted by molar-refractivity contribution is -0.121. The third kappa shape index (κ3) is 7.46. The Morgan fingerprint density at radius 1 is 1.02 bits per heavy atom. The van der Waals surface area contributed by atoms with Gasteiger partial charge >= 0.3 is 0 Å². The number of hydrogen-bond acceptors (Lipinski definition) is 9. The van der Waals surface area contributed by atoms with Gasteiger partial charge in [-0.1, -0.05) is 12.1 Å². The zero-order valence-electron chi connectivity index (χ0n) is 22.5. The fraction of sp³-hybridized carbons (Fsp3) is 0.250. The number of benzene rings is 2. The second-order valence-corrected chi connectivity index (χ2v) is 8.36. The first-order valence-electron chi connectivity index (χ1n) is 12.0. The number of para-hydroxylation sites is 2. The molecule has 208 valence electrons. The average Bonchev–Trinajstić information content (AvgIpc) is 2.95. The van der Waals surface area contributed by atoms with E-state index < -0.39 is 11.5 Å². The minimum Gasteiger partial charge on any atom is -0.495 e. The summed E-state index contributed by atoms with van der Waals surface area (Å²) in [6.45, 7) is 1.18. The van der Waals surface area contributed by atoms with E-state index in [1.54, 1.807) is 55.5 Å². The molecular weight excluding hydrogens is 518 g/mol. The first kappa shape index (κ1) is 29.4. The number of pyridine rings is 1. The molecule has 0 aliphatic carbocycles. The largest absolute Gasteiger partial charge is 0.495 e. The summed E-state index contributed by atoms with van der Waals surface area (Å²) >= 11 is 0. The summed E-state index contributed by atoms with van der Waals surface area (Å²) in [6.07, 6.45) is 1.39. The number of ether oxygens (including phenoxy) is 4. The number of aromatic nitrogens is 1. The van der Waals surface area contributed by atoms with Crippen molar-refractivity contribution < 1.29 is 28.5 Å². The van der Waals surface area contributed by atoms with E-state index in [1.165, 1.54) is 32.1 Å². The number of aryl methyl sites for hydroxylation is 1. The SMILES string of the molecule is COCc1cc(C)n(CC(=O)N/N=C\c2ccc(OCC(=O)Nc3ccccc3OC)c(OC)c2)c(=O)c1C#N. The van der Waals surface area contributed by atoms with E-state index in [0.717, 1.165) is 0 Å². The molecule has 0 saturated carbocycles. The molecule has 0 radical (unpaired) electrons. The Hall–Kier alpha value is -5.15. The van der Waals surface area contributed by atoms with Crippen molar-refractivity contribution in [1.82, 2.24) is 9.99 Å². The van der Waals surface area contributed by atoms with E-state index >= 15 is 0 Å². The quantitative estimate of drug-likeness (QED) is 0.259. The van der Waals surface area contributed by atoms with E-state index in [1.807, 2.05) is 6.07 Å². The molecule has 0 spiro atoms. The summed E-state index contributed by atoms with van der Waals surface area (Å²) in [5.74, 6) is 0.266. The second-order valence-electron chi connectivity index (χ2n) is 8.36. The summed E-state index contributed by atoms with van der Waals surface area (Å²) in [5, 5.41) is 16.0. The molecule has 40 heavy (non-hydrogen) atoms. The van der Waals surface area contributed by atoms with Crippen LogP contribution in [0.4, 0.5) is 5.69 Å². The van der Waals surface area contributed by atoms with Crippen molar-refractivity contribution >= 4 is 23.7 Å². The highest BCUT2D eigenvalue weighted by atomic mass is 16.5. The van der Waals surface area contributed by atoms with Crippen LogP contribution in [0, 0.1) is 18.3 Å². The number of methoxy groups -OCH3 is 3. The Bertz CT molecular complexity index is 1510. The number of hydrogen-bond donors (Lipinski definition) is 2. The highest BCUT2D eigenvalue weighted by Gasteiger charge is 2.15. The van der Waals surface area contributed by atoms with Crippen LogP contribution < -0.4 is 30.5 Å². The van der Waals surface area contributed by atoms with E-state index in [2.05, 4.69) is 15.8 Å². The highest BCUT2D eigenvalue weighted by molar-refractivity contribution is 5.93. The molecule has 3 rings (SSSR count). The fourth-order valence-corrected chi connectivity index (χ4v) is 3.74. The van der Waals surface area contributed by atoms with Gasteiger partial charge in [0.1, 0.15) is 23.9 Å². The van der Waals surface area contributed by atoms with Gasteiger partial charge in [-0.2, -0.15) is 10.4 Å². The Balaban J connectivity index is 1.60. The number of nitrogens with one attached hydrogen (secondary N) is 2. The summed E-state index contributed by atoms with van der Waals surface area (Å²) < 4.78 is 22.4. The molecule has 2 N–H and O–H groups in total. The normalized spacial score (nSPS) is 10.6. The molecule has 0 atom stereocenters. The van der Waals surface area contributed by atoms with Crippen LogP contribution in [0.5, 0.6) is 17.2 Å². The molecule has 0 aliphatic rings. The molecule has 0 aliphatic heterocycles. The third-order valence-electron chi connectivity index (χ3n) is 5.63.